The second kappa shape index (κ2) is 30.3. The third-order valence-corrected chi connectivity index (χ3v) is 15.1. The van der Waals surface area contributed by atoms with Crippen LogP contribution in [0.2, 0.25) is 0 Å². The maximum atomic E-state index is 11.9. The molecular formula is C66H102O4Ti2+4. The van der Waals surface area contributed by atoms with Gasteiger partial charge in [0.1, 0.15) is 23.0 Å². The summed E-state index contributed by atoms with van der Waals surface area (Å²) < 4.78 is 0. The van der Waals surface area contributed by atoms with Crippen molar-refractivity contribution in [2.75, 3.05) is 0 Å². The summed E-state index contributed by atoms with van der Waals surface area (Å²) in [5.74, 6) is 0.767. The van der Waals surface area contributed by atoms with Crippen LogP contribution in [0.3, 0.4) is 0 Å². The van der Waals surface area contributed by atoms with Crippen molar-refractivity contribution in [2.24, 2.45) is 0 Å². The van der Waals surface area contributed by atoms with Gasteiger partial charge in [-0.2, -0.15) is 0 Å². The predicted molar refractivity (Wildman–Crippen MR) is 304 cm³/mol. The van der Waals surface area contributed by atoms with Gasteiger partial charge in [0.05, 0.1) is 0 Å². The van der Waals surface area contributed by atoms with Gasteiger partial charge < -0.3 is 35.3 Å². The number of phenolic OH excluding ortho intramolecular Hbond substituents is 4. The Morgan fingerprint density at radius 3 is 0.417 bits per heavy atom. The molecule has 6 heteroatoms. The van der Waals surface area contributed by atoms with Crippen molar-refractivity contribution in [3.05, 3.63) is 130 Å². The van der Waals surface area contributed by atoms with Gasteiger partial charge in [-0.15, -0.1) is 0 Å². The zero-order valence-corrected chi connectivity index (χ0v) is 51.5. The van der Waals surface area contributed by atoms with E-state index in [0.717, 1.165) is 66.8 Å². The molecule has 4 saturated carbocycles. The number of fused-ring (bicyclic) bond motifs is 8. The van der Waals surface area contributed by atoms with Crippen molar-refractivity contribution in [3.8, 4) is 23.0 Å². The summed E-state index contributed by atoms with van der Waals surface area (Å²) >= 11 is 0. The molecule has 2 radical (unpaired) electrons. The molecule has 4 nitrogen and oxygen atoms in total. The van der Waals surface area contributed by atoms with Crippen LogP contribution in [0.15, 0.2) is 48.5 Å². The van der Waals surface area contributed by atoms with E-state index in [1.54, 1.807) is 0 Å². The standard InChI is InChI=1S/C44H56O4.4C5H10.2CH3.2Ti/c1-41(2,3)33-17-25-13-27-19-34(42(4,5)6)21-29(38(27)46)15-31-23-36(44(10,11)12)24-32(40(31)48)16-30-22-35(43(7,8)9)20-28(39(30)47)14-26(18-33)37(25)45;4*1-2-4-5-3-1;;;;/h17-24,45-48H,13-16H2,1-12H3;4*1-5H2;2*1H3;;/q;;;;;2*-1;2*+3. The van der Waals surface area contributed by atoms with Gasteiger partial charge >= 0.3 is 43.4 Å². The SMILES string of the molecule is C1CCCC1.C1CCCC1.C1CCCC1.C1CCCC1.CC(C)(C)c1cc2c(O)c(c1)Cc1cc(C(C)(C)C)cc(c1O)Cc1cc(C(C)(C)C)cc(c1O)Cc1cc(C(C)(C)C)cc(c1O)C2.[CH3-].[CH3-].[Ti+3].[Ti+3]. The molecule has 0 aromatic heterocycles. The number of hydrogen-bond donors (Lipinski definition) is 4. The molecule has 0 heterocycles. The Morgan fingerprint density at radius 2 is 0.333 bits per heavy atom. The molecular weight excluding hydrogens is 952 g/mol. The molecule has 4 fully saturated rings. The Morgan fingerprint density at radius 1 is 0.236 bits per heavy atom. The Hall–Kier alpha value is -2.49. The van der Waals surface area contributed by atoms with Gasteiger partial charge in [0.2, 0.25) is 0 Å². The van der Waals surface area contributed by atoms with Crippen molar-refractivity contribution in [3.63, 3.8) is 0 Å². The molecule has 0 saturated heterocycles. The minimum Gasteiger partial charge on any atom is -0.507 e. The molecule has 0 atom stereocenters. The van der Waals surface area contributed by atoms with Crippen molar-refractivity contribution in [1.82, 2.24) is 0 Å². The van der Waals surface area contributed by atoms with Crippen LogP contribution in [0.5, 0.6) is 23.0 Å². The zero-order chi connectivity index (χ0) is 49.9. The molecule has 5 aliphatic carbocycles. The van der Waals surface area contributed by atoms with Gasteiger partial charge in [-0.05, 0) is 88.4 Å². The largest absolute Gasteiger partial charge is 3.00 e. The van der Waals surface area contributed by atoms with Gasteiger partial charge in [-0.25, -0.2) is 0 Å². The molecule has 5 aliphatic rings. The predicted octanol–water partition coefficient (Wildman–Crippen LogP) is 19.1. The van der Waals surface area contributed by atoms with Crippen molar-refractivity contribution in [2.45, 2.75) is 259 Å². The van der Waals surface area contributed by atoms with E-state index in [4.69, 9.17) is 0 Å². The topological polar surface area (TPSA) is 80.9 Å². The number of hydrogen-bond acceptors (Lipinski definition) is 4. The molecule has 8 bridgehead atoms. The molecule has 0 spiro atoms. The van der Waals surface area contributed by atoms with Crippen LogP contribution in [-0.2, 0) is 90.8 Å². The number of rotatable bonds is 0. The molecule has 4 N–H and O–H groups in total. The van der Waals surface area contributed by atoms with Crippen LogP contribution in [0, 0.1) is 14.9 Å². The van der Waals surface area contributed by atoms with E-state index in [1.165, 1.54) is 128 Å². The minimum atomic E-state index is -0.190. The Kier molecular flexibility index (Phi) is 28.4. The maximum Gasteiger partial charge on any atom is 3.00 e. The summed E-state index contributed by atoms with van der Waals surface area (Å²) in [6, 6.07) is 16.5. The van der Waals surface area contributed by atoms with E-state index in [2.05, 4.69) is 132 Å². The maximum absolute atomic E-state index is 11.9. The van der Waals surface area contributed by atoms with Crippen LogP contribution < -0.4 is 0 Å². The van der Waals surface area contributed by atoms with Crippen LogP contribution in [-0.4, -0.2) is 20.4 Å². The molecule has 4 aromatic carbocycles. The second-order valence-electron chi connectivity index (χ2n) is 25.4. The Balaban J connectivity index is 0.000000887. The quantitative estimate of drug-likeness (QED) is 0.0920. The fourth-order valence-corrected chi connectivity index (χ4v) is 10.2. The monoisotopic (exact) mass is 1050 g/mol. The molecule has 9 rings (SSSR count). The average molecular weight is 1060 g/mol. The summed E-state index contributed by atoms with van der Waals surface area (Å²) in [5, 5.41) is 47.6. The summed E-state index contributed by atoms with van der Waals surface area (Å²) in [4.78, 5) is 0. The fourth-order valence-electron chi connectivity index (χ4n) is 10.2. The van der Waals surface area contributed by atoms with E-state index in [1.807, 2.05) is 0 Å². The van der Waals surface area contributed by atoms with E-state index < -0.39 is 0 Å². The van der Waals surface area contributed by atoms with Crippen LogP contribution >= 0.6 is 0 Å². The summed E-state index contributed by atoms with van der Waals surface area (Å²) in [7, 11) is 0. The second-order valence-corrected chi connectivity index (χ2v) is 25.4. The molecule has 0 amide bonds. The van der Waals surface area contributed by atoms with Gasteiger partial charge in [-0.3, -0.25) is 0 Å². The molecule has 72 heavy (non-hydrogen) atoms. The van der Waals surface area contributed by atoms with Crippen LogP contribution in [0.4, 0.5) is 0 Å². The van der Waals surface area contributed by atoms with Crippen molar-refractivity contribution < 1.29 is 63.9 Å². The van der Waals surface area contributed by atoms with Gasteiger partial charge in [0.15, 0.2) is 0 Å². The summed E-state index contributed by atoms with van der Waals surface area (Å²) in [5.41, 5.74) is 9.48. The first-order chi connectivity index (χ1) is 31.9. The summed E-state index contributed by atoms with van der Waals surface area (Å²) in [6.07, 6.45) is 31.3. The van der Waals surface area contributed by atoms with Gasteiger partial charge in [0, 0.05) is 25.7 Å². The molecule has 0 aliphatic heterocycles. The number of benzene rings is 4. The minimum absolute atomic E-state index is 0. The molecule has 4 aromatic rings. The average Bonchev–Trinajstić information content (AvgIpc) is 4.12. The molecule has 394 valence electrons. The smallest absolute Gasteiger partial charge is 0.507 e. The number of phenols is 4. The van der Waals surface area contributed by atoms with E-state index in [0.29, 0.717) is 25.7 Å². The Bertz CT molecular complexity index is 1790. The van der Waals surface area contributed by atoms with E-state index in [9.17, 15) is 20.4 Å². The van der Waals surface area contributed by atoms with E-state index >= 15 is 0 Å². The third kappa shape index (κ3) is 20.2. The first kappa shape index (κ1) is 67.5. The van der Waals surface area contributed by atoms with Crippen molar-refractivity contribution in [1.29, 1.82) is 0 Å². The first-order valence-electron chi connectivity index (χ1n) is 27.3. The van der Waals surface area contributed by atoms with Gasteiger partial charge in [-0.1, -0.05) is 260 Å². The fraction of sp³-hybridized carbons (Fsp3) is 0.606. The first-order valence-corrected chi connectivity index (χ1v) is 27.3. The zero-order valence-electron chi connectivity index (χ0n) is 48.4. The number of aromatic hydroxyl groups is 4. The van der Waals surface area contributed by atoms with Crippen LogP contribution in [0.25, 0.3) is 0 Å². The molecule has 0 unspecified atom stereocenters. The normalized spacial score (nSPS) is 16.2. The van der Waals surface area contributed by atoms with Gasteiger partial charge in [0.25, 0.3) is 0 Å². The van der Waals surface area contributed by atoms with Crippen molar-refractivity contribution >= 4 is 0 Å². The summed E-state index contributed by atoms with van der Waals surface area (Å²) in [6.45, 7) is 26.0. The van der Waals surface area contributed by atoms with Crippen LogP contribution in [0.1, 0.15) is 278 Å². The Labute approximate surface area is 472 Å². The van der Waals surface area contributed by atoms with E-state index in [-0.39, 0.29) is 103 Å². The third-order valence-electron chi connectivity index (χ3n) is 15.1.